The van der Waals surface area contributed by atoms with Gasteiger partial charge in [0.1, 0.15) is 0 Å². The summed E-state index contributed by atoms with van der Waals surface area (Å²) in [5, 5.41) is 4.41. The predicted octanol–water partition coefficient (Wildman–Crippen LogP) is 1.18. The third-order valence-corrected chi connectivity index (χ3v) is 3.62. The SMILES string of the molecule is COCCN1CCC(N)C1c1cnn(C(C)C)c1. The van der Waals surface area contributed by atoms with Crippen molar-refractivity contribution in [3.05, 3.63) is 18.0 Å². The molecular weight excluding hydrogens is 228 g/mol. The van der Waals surface area contributed by atoms with Crippen LogP contribution in [0.25, 0.3) is 0 Å². The van der Waals surface area contributed by atoms with E-state index in [4.69, 9.17) is 10.5 Å². The molecule has 1 saturated heterocycles. The van der Waals surface area contributed by atoms with Gasteiger partial charge in [-0.05, 0) is 20.3 Å². The monoisotopic (exact) mass is 252 g/mol. The van der Waals surface area contributed by atoms with E-state index in [1.807, 2.05) is 10.9 Å². The minimum Gasteiger partial charge on any atom is -0.383 e. The van der Waals surface area contributed by atoms with Gasteiger partial charge in [-0.1, -0.05) is 0 Å². The fourth-order valence-electron chi connectivity index (χ4n) is 2.59. The molecule has 2 atom stereocenters. The van der Waals surface area contributed by atoms with Crippen LogP contribution in [0.5, 0.6) is 0 Å². The Morgan fingerprint density at radius 2 is 2.33 bits per heavy atom. The third-order valence-electron chi connectivity index (χ3n) is 3.62. The van der Waals surface area contributed by atoms with Crippen molar-refractivity contribution in [3.63, 3.8) is 0 Å². The quantitative estimate of drug-likeness (QED) is 0.855. The number of nitrogens with two attached hydrogens (primary N) is 1. The largest absolute Gasteiger partial charge is 0.383 e. The van der Waals surface area contributed by atoms with Crippen LogP contribution in [0.2, 0.25) is 0 Å². The van der Waals surface area contributed by atoms with Crippen molar-refractivity contribution in [3.8, 4) is 0 Å². The molecule has 18 heavy (non-hydrogen) atoms. The number of hydrogen-bond donors (Lipinski definition) is 1. The van der Waals surface area contributed by atoms with E-state index in [0.717, 1.165) is 26.1 Å². The number of nitrogens with zero attached hydrogens (tertiary/aromatic N) is 3. The summed E-state index contributed by atoms with van der Waals surface area (Å²) < 4.78 is 7.16. The summed E-state index contributed by atoms with van der Waals surface area (Å²) in [4.78, 5) is 2.40. The molecule has 0 spiro atoms. The van der Waals surface area contributed by atoms with Crippen LogP contribution in [0.15, 0.2) is 12.4 Å². The molecule has 5 heteroatoms. The highest BCUT2D eigenvalue weighted by atomic mass is 16.5. The maximum Gasteiger partial charge on any atom is 0.0589 e. The summed E-state index contributed by atoms with van der Waals surface area (Å²) in [6.45, 7) is 6.99. The Hall–Kier alpha value is -0.910. The minimum atomic E-state index is 0.201. The van der Waals surface area contributed by atoms with Crippen molar-refractivity contribution in [2.45, 2.75) is 38.4 Å². The molecule has 0 bridgehead atoms. The van der Waals surface area contributed by atoms with Crippen molar-refractivity contribution >= 4 is 0 Å². The minimum absolute atomic E-state index is 0.201. The molecule has 1 fully saturated rings. The van der Waals surface area contributed by atoms with Gasteiger partial charge in [-0.2, -0.15) is 5.10 Å². The molecule has 1 aliphatic heterocycles. The van der Waals surface area contributed by atoms with Gasteiger partial charge in [0.2, 0.25) is 0 Å². The second kappa shape index (κ2) is 5.82. The van der Waals surface area contributed by atoms with Gasteiger partial charge in [-0.3, -0.25) is 9.58 Å². The fourth-order valence-corrected chi connectivity index (χ4v) is 2.59. The smallest absolute Gasteiger partial charge is 0.0589 e. The van der Waals surface area contributed by atoms with Crippen LogP contribution < -0.4 is 5.73 Å². The first kappa shape index (κ1) is 13.5. The van der Waals surface area contributed by atoms with Gasteiger partial charge in [0.05, 0.1) is 18.8 Å². The number of hydrogen-bond acceptors (Lipinski definition) is 4. The Morgan fingerprint density at radius 1 is 1.56 bits per heavy atom. The van der Waals surface area contributed by atoms with Crippen LogP contribution in [-0.2, 0) is 4.74 Å². The van der Waals surface area contributed by atoms with Crippen molar-refractivity contribution in [1.29, 1.82) is 0 Å². The van der Waals surface area contributed by atoms with Gasteiger partial charge < -0.3 is 10.5 Å². The van der Waals surface area contributed by atoms with Crippen LogP contribution in [0.4, 0.5) is 0 Å². The number of rotatable bonds is 5. The number of likely N-dealkylation sites (tertiary alicyclic amines) is 1. The van der Waals surface area contributed by atoms with Crippen LogP contribution in [0, 0.1) is 0 Å². The van der Waals surface area contributed by atoms with Gasteiger partial charge in [0, 0.05) is 44.0 Å². The standard InChI is InChI=1S/C13H24N4O/c1-10(2)17-9-11(8-15-17)13-12(14)4-5-16(13)6-7-18-3/h8-10,12-13H,4-7,14H2,1-3H3. The fraction of sp³-hybridized carbons (Fsp3) is 0.769. The normalized spacial score (nSPS) is 25.2. The van der Waals surface area contributed by atoms with E-state index < -0.39 is 0 Å². The molecular formula is C13H24N4O. The van der Waals surface area contributed by atoms with Crippen molar-refractivity contribution in [2.75, 3.05) is 26.8 Å². The molecule has 2 rings (SSSR count). The van der Waals surface area contributed by atoms with E-state index in [1.165, 1.54) is 5.56 Å². The van der Waals surface area contributed by atoms with Gasteiger partial charge in [-0.25, -0.2) is 0 Å². The lowest BCUT2D eigenvalue weighted by Crippen LogP contribution is -2.33. The Bertz CT molecular complexity index is 377. The zero-order valence-electron chi connectivity index (χ0n) is 11.5. The summed E-state index contributed by atoms with van der Waals surface area (Å²) >= 11 is 0. The predicted molar refractivity (Wildman–Crippen MR) is 71.4 cm³/mol. The summed E-state index contributed by atoms with van der Waals surface area (Å²) in [6.07, 6.45) is 5.12. The number of methoxy groups -OCH3 is 1. The summed E-state index contributed by atoms with van der Waals surface area (Å²) in [5.74, 6) is 0. The molecule has 5 nitrogen and oxygen atoms in total. The molecule has 102 valence electrons. The van der Waals surface area contributed by atoms with E-state index in [9.17, 15) is 0 Å². The second-order valence-electron chi connectivity index (χ2n) is 5.27. The van der Waals surface area contributed by atoms with Gasteiger partial charge in [0.25, 0.3) is 0 Å². The first-order valence-electron chi connectivity index (χ1n) is 6.66. The topological polar surface area (TPSA) is 56.3 Å². The third kappa shape index (κ3) is 2.74. The molecule has 2 N–H and O–H groups in total. The van der Waals surface area contributed by atoms with Gasteiger partial charge in [0.15, 0.2) is 0 Å². The van der Waals surface area contributed by atoms with Gasteiger partial charge >= 0.3 is 0 Å². The maximum atomic E-state index is 6.24. The van der Waals surface area contributed by atoms with Crippen LogP contribution in [-0.4, -0.2) is 47.5 Å². The highest BCUT2D eigenvalue weighted by Crippen LogP contribution is 2.30. The van der Waals surface area contributed by atoms with Crippen LogP contribution in [0.3, 0.4) is 0 Å². The number of aromatic nitrogens is 2. The van der Waals surface area contributed by atoms with Crippen molar-refractivity contribution in [2.24, 2.45) is 5.73 Å². The lowest BCUT2D eigenvalue weighted by Gasteiger charge is -2.25. The summed E-state index contributed by atoms with van der Waals surface area (Å²) in [5.41, 5.74) is 7.47. The lowest BCUT2D eigenvalue weighted by atomic mass is 10.0. The highest BCUT2D eigenvalue weighted by Gasteiger charge is 2.33. The molecule has 1 aliphatic rings. The Balaban J connectivity index is 2.11. The molecule has 2 unspecified atom stereocenters. The van der Waals surface area contributed by atoms with E-state index in [1.54, 1.807) is 7.11 Å². The van der Waals surface area contributed by atoms with Gasteiger partial charge in [-0.15, -0.1) is 0 Å². The summed E-state index contributed by atoms with van der Waals surface area (Å²) in [6, 6.07) is 0.878. The Kier molecular flexibility index (Phi) is 4.37. The van der Waals surface area contributed by atoms with E-state index >= 15 is 0 Å². The Labute approximate surface area is 109 Å². The average Bonchev–Trinajstić information content (AvgIpc) is 2.93. The molecule has 1 aromatic rings. The summed E-state index contributed by atoms with van der Waals surface area (Å²) in [7, 11) is 1.74. The van der Waals surface area contributed by atoms with Crippen molar-refractivity contribution < 1.29 is 4.74 Å². The number of ether oxygens (including phenoxy) is 1. The van der Waals surface area contributed by atoms with Crippen LogP contribution in [0.1, 0.15) is 37.9 Å². The molecule has 0 amide bonds. The maximum absolute atomic E-state index is 6.24. The Morgan fingerprint density at radius 3 is 2.94 bits per heavy atom. The molecule has 0 radical (unpaired) electrons. The molecule has 0 saturated carbocycles. The highest BCUT2D eigenvalue weighted by molar-refractivity contribution is 5.16. The van der Waals surface area contributed by atoms with E-state index in [0.29, 0.717) is 6.04 Å². The zero-order valence-corrected chi connectivity index (χ0v) is 11.5. The zero-order chi connectivity index (χ0) is 13.1. The van der Waals surface area contributed by atoms with E-state index in [2.05, 4.69) is 30.0 Å². The molecule has 0 aliphatic carbocycles. The molecule has 2 heterocycles. The van der Waals surface area contributed by atoms with Crippen molar-refractivity contribution in [1.82, 2.24) is 14.7 Å². The van der Waals surface area contributed by atoms with E-state index in [-0.39, 0.29) is 12.1 Å². The molecule has 0 aromatic carbocycles. The first-order valence-corrected chi connectivity index (χ1v) is 6.66. The molecule has 1 aromatic heterocycles. The lowest BCUT2D eigenvalue weighted by molar-refractivity contribution is 0.139. The average molecular weight is 252 g/mol. The second-order valence-corrected chi connectivity index (χ2v) is 5.27. The van der Waals surface area contributed by atoms with Crippen LogP contribution >= 0.6 is 0 Å². The first-order chi connectivity index (χ1) is 8.63.